The van der Waals surface area contributed by atoms with Crippen molar-refractivity contribution < 1.29 is 9.53 Å². The van der Waals surface area contributed by atoms with E-state index < -0.39 is 5.54 Å². The number of carbonyl (C=O) groups excluding carboxylic acids is 1. The molecule has 3 nitrogen and oxygen atoms in total. The second kappa shape index (κ2) is 2.95. The third-order valence-electron chi connectivity index (χ3n) is 3.08. The van der Waals surface area contributed by atoms with E-state index in [4.69, 9.17) is 4.74 Å². The SMILES string of the molecule is C=C1CN2CC(=C)CC2(C(=O)OC)C1. The molecular formula is C11H15NO2. The molecular weight excluding hydrogens is 178 g/mol. The van der Waals surface area contributed by atoms with Gasteiger partial charge in [0.25, 0.3) is 0 Å². The maximum absolute atomic E-state index is 11.8. The average Bonchev–Trinajstić information content (AvgIpc) is 2.55. The van der Waals surface area contributed by atoms with Crippen LogP contribution in [0.3, 0.4) is 0 Å². The third-order valence-corrected chi connectivity index (χ3v) is 3.08. The summed E-state index contributed by atoms with van der Waals surface area (Å²) in [5.41, 5.74) is 1.76. The topological polar surface area (TPSA) is 29.5 Å². The van der Waals surface area contributed by atoms with E-state index in [1.54, 1.807) is 0 Å². The number of nitrogens with zero attached hydrogens (tertiary/aromatic N) is 1. The molecule has 0 aromatic heterocycles. The molecule has 0 radical (unpaired) electrons. The van der Waals surface area contributed by atoms with Crippen LogP contribution in [0.25, 0.3) is 0 Å². The molecule has 0 saturated carbocycles. The molecule has 0 aliphatic carbocycles. The molecule has 3 heteroatoms. The summed E-state index contributed by atoms with van der Waals surface area (Å²) in [5, 5.41) is 0. The zero-order valence-corrected chi connectivity index (χ0v) is 8.51. The van der Waals surface area contributed by atoms with E-state index >= 15 is 0 Å². The summed E-state index contributed by atoms with van der Waals surface area (Å²) >= 11 is 0. The van der Waals surface area contributed by atoms with Gasteiger partial charge >= 0.3 is 5.97 Å². The first-order chi connectivity index (χ1) is 6.58. The van der Waals surface area contributed by atoms with E-state index in [0.717, 1.165) is 37.1 Å². The average molecular weight is 193 g/mol. The number of carbonyl (C=O) groups is 1. The van der Waals surface area contributed by atoms with Crippen LogP contribution in [-0.2, 0) is 9.53 Å². The number of hydrogen-bond donors (Lipinski definition) is 0. The first kappa shape index (κ1) is 9.46. The van der Waals surface area contributed by atoms with Crippen molar-refractivity contribution in [2.24, 2.45) is 0 Å². The van der Waals surface area contributed by atoms with Crippen LogP contribution in [0, 0.1) is 0 Å². The van der Waals surface area contributed by atoms with E-state index in [1.807, 2.05) is 0 Å². The molecule has 0 N–H and O–H groups in total. The van der Waals surface area contributed by atoms with E-state index in [1.165, 1.54) is 7.11 Å². The molecule has 0 spiro atoms. The second-order valence-electron chi connectivity index (χ2n) is 4.23. The lowest BCUT2D eigenvalue weighted by Gasteiger charge is -2.27. The minimum absolute atomic E-state index is 0.144. The highest BCUT2D eigenvalue weighted by atomic mass is 16.5. The predicted octanol–water partition coefficient (Wildman–Crippen LogP) is 1.12. The molecule has 0 unspecified atom stereocenters. The highest BCUT2D eigenvalue weighted by Gasteiger charge is 2.53. The number of fused-ring (bicyclic) bond motifs is 1. The molecule has 76 valence electrons. The third kappa shape index (κ3) is 1.12. The highest BCUT2D eigenvalue weighted by molar-refractivity contribution is 5.83. The van der Waals surface area contributed by atoms with Crippen molar-refractivity contribution in [3.8, 4) is 0 Å². The number of ether oxygens (including phenoxy) is 1. The van der Waals surface area contributed by atoms with Crippen molar-refractivity contribution in [2.45, 2.75) is 18.4 Å². The van der Waals surface area contributed by atoms with Gasteiger partial charge in [0, 0.05) is 13.1 Å². The lowest BCUT2D eigenvalue weighted by Crippen LogP contribution is -2.46. The molecule has 0 amide bonds. The summed E-state index contributed by atoms with van der Waals surface area (Å²) in [7, 11) is 1.44. The van der Waals surface area contributed by atoms with Crippen molar-refractivity contribution in [2.75, 3.05) is 20.2 Å². The van der Waals surface area contributed by atoms with Gasteiger partial charge in [-0.25, -0.2) is 0 Å². The molecule has 2 rings (SSSR count). The van der Waals surface area contributed by atoms with Crippen molar-refractivity contribution in [1.82, 2.24) is 4.90 Å². The Morgan fingerprint density at radius 1 is 1.36 bits per heavy atom. The molecule has 2 fully saturated rings. The van der Waals surface area contributed by atoms with Crippen molar-refractivity contribution in [3.05, 3.63) is 24.3 Å². The van der Waals surface area contributed by atoms with Gasteiger partial charge < -0.3 is 4.74 Å². The minimum Gasteiger partial charge on any atom is -0.468 e. The van der Waals surface area contributed by atoms with Gasteiger partial charge in [-0.1, -0.05) is 24.3 Å². The lowest BCUT2D eigenvalue weighted by molar-refractivity contribution is -0.151. The Labute approximate surface area is 84.0 Å². The van der Waals surface area contributed by atoms with E-state index in [2.05, 4.69) is 18.1 Å². The molecule has 0 aromatic rings. The fraction of sp³-hybridized carbons (Fsp3) is 0.545. The van der Waals surface area contributed by atoms with Crippen LogP contribution in [0.2, 0.25) is 0 Å². The van der Waals surface area contributed by atoms with Crippen LogP contribution in [-0.4, -0.2) is 36.6 Å². The number of esters is 1. The van der Waals surface area contributed by atoms with Gasteiger partial charge in [0.2, 0.25) is 0 Å². The summed E-state index contributed by atoms with van der Waals surface area (Å²) < 4.78 is 4.87. The first-order valence-corrected chi connectivity index (χ1v) is 4.75. The Kier molecular flexibility index (Phi) is 2.00. The minimum atomic E-state index is -0.469. The standard InChI is InChI=1S/C11H15NO2/c1-8-4-11(10(13)14-3)5-9(2)7-12(11)6-8/h1-2,4-7H2,3H3. The zero-order chi connectivity index (χ0) is 10.3. The van der Waals surface area contributed by atoms with Gasteiger partial charge in [0.1, 0.15) is 5.54 Å². The number of hydrogen-bond acceptors (Lipinski definition) is 3. The van der Waals surface area contributed by atoms with E-state index in [-0.39, 0.29) is 5.97 Å². The Balaban J connectivity index is 2.33. The molecule has 0 atom stereocenters. The van der Waals surface area contributed by atoms with Crippen LogP contribution in [0.5, 0.6) is 0 Å². The summed E-state index contributed by atoms with van der Waals surface area (Å²) in [5.74, 6) is -0.144. The second-order valence-corrected chi connectivity index (χ2v) is 4.23. The Morgan fingerprint density at radius 2 is 1.86 bits per heavy atom. The summed E-state index contributed by atoms with van der Waals surface area (Å²) in [6, 6.07) is 0. The zero-order valence-electron chi connectivity index (χ0n) is 8.51. The highest BCUT2D eigenvalue weighted by Crippen LogP contribution is 2.43. The summed E-state index contributed by atoms with van der Waals surface area (Å²) in [6.07, 6.45) is 1.44. The molecule has 2 aliphatic heterocycles. The molecule has 2 saturated heterocycles. The van der Waals surface area contributed by atoms with Gasteiger partial charge in [-0.3, -0.25) is 9.69 Å². The molecule has 0 bridgehead atoms. The monoisotopic (exact) mass is 193 g/mol. The summed E-state index contributed by atoms with van der Waals surface area (Å²) in [6.45, 7) is 9.49. The Morgan fingerprint density at radius 3 is 2.29 bits per heavy atom. The Hall–Kier alpha value is -1.09. The predicted molar refractivity (Wildman–Crippen MR) is 53.8 cm³/mol. The largest absolute Gasteiger partial charge is 0.468 e. The van der Waals surface area contributed by atoms with Crippen LogP contribution in [0.15, 0.2) is 24.3 Å². The number of rotatable bonds is 1. The van der Waals surface area contributed by atoms with Gasteiger partial charge in [0.15, 0.2) is 0 Å². The molecule has 2 heterocycles. The molecule has 2 aliphatic rings. The van der Waals surface area contributed by atoms with Crippen LogP contribution in [0.1, 0.15) is 12.8 Å². The van der Waals surface area contributed by atoms with Gasteiger partial charge in [-0.2, -0.15) is 0 Å². The van der Waals surface area contributed by atoms with E-state index in [9.17, 15) is 4.79 Å². The van der Waals surface area contributed by atoms with Crippen LogP contribution >= 0.6 is 0 Å². The van der Waals surface area contributed by atoms with Crippen molar-refractivity contribution in [1.29, 1.82) is 0 Å². The van der Waals surface area contributed by atoms with Crippen molar-refractivity contribution in [3.63, 3.8) is 0 Å². The molecule has 14 heavy (non-hydrogen) atoms. The van der Waals surface area contributed by atoms with Gasteiger partial charge in [-0.15, -0.1) is 0 Å². The normalized spacial score (nSPS) is 25.2. The lowest BCUT2D eigenvalue weighted by atomic mass is 9.92. The van der Waals surface area contributed by atoms with E-state index in [0.29, 0.717) is 0 Å². The quantitative estimate of drug-likeness (QED) is 0.461. The van der Waals surface area contributed by atoms with Crippen molar-refractivity contribution >= 4 is 5.97 Å². The fourth-order valence-electron chi connectivity index (χ4n) is 2.59. The molecule has 0 aromatic carbocycles. The first-order valence-electron chi connectivity index (χ1n) is 4.75. The smallest absolute Gasteiger partial charge is 0.326 e. The fourth-order valence-corrected chi connectivity index (χ4v) is 2.59. The number of methoxy groups -OCH3 is 1. The Bertz CT molecular complexity index is 299. The van der Waals surface area contributed by atoms with Gasteiger partial charge in [0.05, 0.1) is 7.11 Å². The van der Waals surface area contributed by atoms with Gasteiger partial charge in [-0.05, 0) is 12.8 Å². The maximum atomic E-state index is 11.8. The van der Waals surface area contributed by atoms with Crippen LogP contribution in [0.4, 0.5) is 0 Å². The maximum Gasteiger partial charge on any atom is 0.326 e. The van der Waals surface area contributed by atoms with Crippen LogP contribution < -0.4 is 0 Å². The summed E-state index contributed by atoms with van der Waals surface area (Å²) in [4.78, 5) is 13.9.